The molecule has 1 rings (SSSR count). The minimum Gasteiger partial charge on any atom is -0.461 e. The van der Waals surface area contributed by atoms with Gasteiger partial charge in [-0.05, 0) is 5.56 Å². The van der Waals surface area contributed by atoms with Gasteiger partial charge in [-0.1, -0.05) is 55.7 Å². The summed E-state index contributed by atoms with van der Waals surface area (Å²) < 4.78 is 4.97. The normalized spacial score (nSPS) is 10.6. The molecule has 0 radical (unpaired) electrons. The van der Waals surface area contributed by atoms with Crippen LogP contribution in [0.2, 0.25) is 19.6 Å². The molecule has 0 N–H and O–H groups in total. The molecular weight excluding hydrogens is 254 g/mol. The molecule has 0 aliphatic carbocycles. The molecule has 19 heavy (non-hydrogen) atoms. The van der Waals surface area contributed by atoms with Gasteiger partial charge < -0.3 is 4.74 Å². The average molecular weight is 273 g/mol. The number of nitrogens with zero attached hydrogens (tertiary/aromatic N) is 1. The molecule has 0 saturated carbocycles. The van der Waals surface area contributed by atoms with Crippen LogP contribution in [0.3, 0.4) is 0 Å². The second kappa shape index (κ2) is 6.35. The quantitative estimate of drug-likeness (QED) is 0.358. The van der Waals surface area contributed by atoms with Gasteiger partial charge in [0.15, 0.2) is 0 Å². The highest BCUT2D eigenvalue weighted by molar-refractivity contribution is 6.88. The van der Waals surface area contributed by atoms with Crippen molar-refractivity contribution in [1.29, 1.82) is 5.26 Å². The molecule has 0 saturated heterocycles. The van der Waals surface area contributed by atoms with Crippen molar-refractivity contribution in [3.63, 3.8) is 0 Å². The second-order valence-corrected chi connectivity index (χ2v) is 10.5. The highest BCUT2D eigenvalue weighted by Gasteiger charge is 2.16. The van der Waals surface area contributed by atoms with E-state index in [1.807, 2.05) is 12.1 Å². The van der Waals surface area contributed by atoms with E-state index < -0.39 is 14.0 Å². The van der Waals surface area contributed by atoms with Crippen LogP contribution in [0.25, 0.3) is 0 Å². The Labute approximate surface area is 115 Å². The Hall–Kier alpha value is -1.86. The number of hydrogen-bond acceptors (Lipinski definition) is 3. The molecule has 100 valence electrons. The third-order valence-electron chi connectivity index (χ3n) is 2.80. The largest absolute Gasteiger partial charge is 0.461 e. The van der Waals surface area contributed by atoms with E-state index in [-0.39, 0.29) is 12.2 Å². The van der Waals surface area contributed by atoms with Gasteiger partial charge in [-0.3, -0.25) is 0 Å². The van der Waals surface area contributed by atoms with Crippen LogP contribution < -0.4 is 5.19 Å². The predicted octanol–water partition coefficient (Wildman–Crippen LogP) is 2.40. The summed E-state index contributed by atoms with van der Waals surface area (Å²) in [5.41, 5.74) is 0.992. The lowest BCUT2D eigenvalue weighted by molar-refractivity contribution is -0.138. The second-order valence-electron chi connectivity index (χ2n) is 5.43. The summed E-state index contributed by atoms with van der Waals surface area (Å²) in [7, 11) is -1.31. The maximum Gasteiger partial charge on any atom is 0.348 e. The molecule has 4 heteroatoms. The van der Waals surface area contributed by atoms with Gasteiger partial charge in [0.1, 0.15) is 11.6 Å². The van der Waals surface area contributed by atoms with Crippen LogP contribution in [0.5, 0.6) is 0 Å². The Morgan fingerprint density at radius 3 is 2.68 bits per heavy atom. The maximum absolute atomic E-state index is 11.3. The van der Waals surface area contributed by atoms with Crippen molar-refractivity contribution in [2.75, 3.05) is 6.61 Å². The standard InChI is InChI=1S/C15H19NO2Si/c1-12(11-16)15(17)18-9-8-13-6-5-7-14(10-13)19(2,3)4/h5-7,10H,1,8-9H2,2-4H3. The third-order valence-corrected chi connectivity index (χ3v) is 4.84. The molecule has 0 bridgehead atoms. The fourth-order valence-electron chi connectivity index (χ4n) is 1.59. The van der Waals surface area contributed by atoms with Crippen LogP contribution in [0.15, 0.2) is 36.4 Å². The minimum absolute atomic E-state index is 0.157. The third kappa shape index (κ3) is 4.72. The lowest BCUT2D eigenvalue weighted by Gasteiger charge is -2.17. The van der Waals surface area contributed by atoms with Gasteiger partial charge in [0, 0.05) is 6.42 Å². The van der Waals surface area contributed by atoms with Crippen molar-refractivity contribution in [2.45, 2.75) is 26.1 Å². The Kier molecular flexibility index (Phi) is 5.08. The summed E-state index contributed by atoms with van der Waals surface area (Å²) in [6.45, 7) is 10.5. The minimum atomic E-state index is -1.31. The van der Waals surface area contributed by atoms with Gasteiger partial charge in [-0.2, -0.15) is 5.26 Å². The van der Waals surface area contributed by atoms with Gasteiger partial charge >= 0.3 is 5.97 Å². The van der Waals surface area contributed by atoms with Crippen LogP contribution in [0.1, 0.15) is 5.56 Å². The Bertz CT molecular complexity index is 524. The van der Waals surface area contributed by atoms with Gasteiger partial charge in [0.05, 0.1) is 14.7 Å². The number of rotatable bonds is 5. The zero-order valence-electron chi connectivity index (χ0n) is 11.7. The van der Waals surface area contributed by atoms with Gasteiger partial charge in [-0.25, -0.2) is 4.79 Å². The van der Waals surface area contributed by atoms with Crippen molar-refractivity contribution in [3.8, 4) is 6.07 Å². The fraction of sp³-hybridized carbons (Fsp3) is 0.333. The Balaban J connectivity index is 2.58. The fourth-order valence-corrected chi connectivity index (χ4v) is 2.80. The van der Waals surface area contributed by atoms with E-state index in [4.69, 9.17) is 10.00 Å². The van der Waals surface area contributed by atoms with Crippen molar-refractivity contribution < 1.29 is 9.53 Å². The van der Waals surface area contributed by atoms with E-state index in [1.54, 1.807) is 6.07 Å². The lowest BCUT2D eigenvalue weighted by Crippen LogP contribution is -2.37. The van der Waals surface area contributed by atoms with Gasteiger partial charge in [0.25, 0.3) is 0 Å². The first-order valence-corrected chi connectivity index (χ1v) is 9.70. The molecular formula is C15H19NO2Si. The summed E-state index contributed by atoms with van der Waals surface area (Å²) in [5.74, 6) is -0.635. The van der Waals surface area contributed by atoms with Crippen molar-refractivity contribution in [3.05, 3.63) is 42.0 Å². The number of hydrogen-bond donors (Lipinski definition) is 0. The van der Waals surface area contributed by atoms with Crippen molar-refractivity contribution in [1.82, 2.24) is 0 Å². The molecule has 0 aromatic heterocycles. The van der Waals surface area contributed by atoms with Gasteiger partial charge in [0.2, 0.25) is 0 Å². The SMILES string of the molecule is C=C(C#N)C(=O)OCCc1cccc([Si](C)(C)C)c1. The Morgan fingerprint density at radius 1 is 1.42 bits per heavy atom. The summed E-state index contributed by atoms with van der Waals surface area (Å²) in [4.78, 5) is 11.3. The summed E-state index contributed by atoms with van der Waals surface area (Å²) in [6, 6.07) is 10.1. The molecule has 0 aliphatic heterocycles. The van der Waals surface area contributed by atoms with E-state index in [0.29, 0.717) is 6.42 Å². The zero-order chi connectivity index (χ0) is 14.5. The molecule has 0 atom stereocenters. The van der Waals surface area contributed by atoms with Crippen LogP contribution in [0, 0.1) is 11.3 Å². The number of carbonyl (C=O) groups is 1. The molecule has 0 amide bonds. The number of benzene rings is 1. The highest BCUT2D eigenvalue weighted by Crippen LogP contribution is 2.06. The summed E-state index contributed by atoms with van der Waals surface area (Å²) >= 11 is 0. The summed E-state index contributed by atoms with van der Waals surface area (Å²) in [6.07, 6.45) is 0.656. The zero-order valence-corrected chi connectivity index (χ0v) is 12.7. The average Bonchev–Trinajstić information content (AvgIpc) is 2.37. The van der Waals surface area contributed by atoms with E-state index in [2.05, 4.69) is 38.4 Å². The number of nitriles is 1. The first kappa shape index (κ1) is 15.2. The number of carbonyl (C=O) groups excluding carboxylic acids is 1. The van der Waals surface area contributed by atoms with E-state index >= 15 is 0 Å². The highest BCUT2D eigenvalue weighted by atomic mass is 28.3. The molecule has 1 aromatic rings. The molecule has 3 nitrogen and oxygen atoms in total. The molecule has 0 aliphatic rings. The van der Waals surface area contributed by atoms with Crippen molar-refractivity contribution in [2.24, 2.45) is 0 Å². The first-order chi connectivity index (χ1) is 8.84. The van der Waals surface area contributed by atoms with Crippen LogP contribution in [-0.2, 0) is 16.0 Å². The number of esters is 1. The molecule has 0 spiro atoms. The predicted molar refractivity (Wildman–Crippen MR) is 78.8 cm³/mol. The van der Waals surface area contributed by atoms with Crippen LogP contribution >= 0.6 is 0 Å². The molecule has 0 heterocycles. The smallest absolute Gasteiger partial charge is 0.348 e. The van der Waals surface area contributed by atoms with Crippen LogP contribution in [-0.4, -0.2) is 20.7 Å². The van der Waals surface area contributed by atoms with Crippen molar-refractivity contribution >= 4 is 19.2 Å². The van der Waals surface area contributed by atoms with E-state index in [0.717, 1.165) is 5.56 Å². The molecule has 0 unspecified atom stereocenters. The lowest BCUT2D eigenvalue weighted by atomic mass is 10.2. The first-order valence-electron chi connectivity index (χ1n) is 6.20. The molecule has 1 aromatic carbocycles. The molecule has 0 fully saturated rings. The topological polar surface area (TPSA) is 50.1 Å². The van der Waals surface area contributed by atoms with Gasteiger partial charge in [-0.15, -0.1) is 0 Å². The van der Waals surface area contributed by atoms with Crippen LogP contribution in [0.4, 0.5) is 0 Å². The number of ether oxygens (including phenoxy) is 1. The summed E-state index contributed by atoms with van der Waals surface area (Å²) in [5, 5.41) is 9.89. The maximum atomic E-state index is 11.3. The van der Waals surface area contributed by atoms with E-state index in [9.17, 15) is 4.79 Å². The monoisotopic (exact) mass is 273 g/mol. The van der Waals surface area contributed by atoms with E-state index in [1.165, 1.54) is 5.19 Å². The Morgan fingerprint density at radius 2 is 2.11 bits per heavy atom.